The average molecular weight is 142 g/mol. The van der Waals surface area contributed by atoms with Crippen LogP contribution in [-0.4, -0.2) is 9.97 Å². The van der Waals surface area contributed by atoms with Crippen molar-refractivity contribution in [2.45, 2.75) is 6.42 Å². The van der Waals surface area contributed by atoms with Gasteiger partial charge >= 0.3 is 0 Å². The number of rotatable bonds is 1. The van der Waals surface area contributed by atoms with E-state index in [0.29, 0.717) is 11.6 Å². The van der Waals surface area contributed by atoms with Crippen LogP contribution in [0.1, 0.15) is 5.69 Å². The van der Waals surface area contributed by atoms with E-state index in [1.807, 2.05) is 0 Å². The van der Waals surface area contributed by atoms with Crippen LogP contribution in [0.5, 0.6) is 0 Å². The number of hydrogen-bond donors (Lipinski definition) is 0. The molecule has 1 aromatic heterocycles. The Kier molecular flexibility index (Phi) is 2.01. The van der Waals surface area contributed by atoms with Gasteiger partial charge in [0.1, 0.15) is 5.15 Å². The number of halogens is 1. The Morgan fingerprint density at radius 1 is 1.44 bits per heavy atom. The largest absolute Gasteiger partial charge is 0.256 e. The second kappa shape index (κ2) is 2.78. The van der Waals surface area contributed by atoms with Crippen molar-refractivity contribution in [1.29, 1.82) is 0 Å². The fraction of sp³-hybridized carbons (Fsp3) is 0.167. The van der Waals surface area contributed by atoms with Crippen LogP contribution in [0, 0.1) is 6.92 Å². The molecule has 1 rings (SSSR count). The standard InChI is InChI=1S/C6H6ClN2/c1-2-5-6(7)9-4-3-8-5/h3-4H,1-2H2. The van der Waals surface area contributed by atoms with Gasteiger partial charge in [-0.25, -0.2) is 4.98 Å². The molecule has 3 heteroatoms. The molecule has 0 aromatic carbocycles. The molecular formula is C6H6ClN2. The maximum atomic E-state index is 5.61. The third kappa shape index (κ3) is 1.39. The van der Waals surface area contributed by atoms with Crippen LogP contribution in [0.2, 0.25) is 5.15 Å². The minimum absolute atomic E-state index is 0.451. The van der Waals surface area contributed by atoms with Gasteiger partial charge < -0.3 is 0 Å². The lowest BCUT2D eigenvalue weighted by molar-refractivity contribution is 1.05. The molecule has 0 fully saturated rings. The molecule has 0 aliphatic heterocycles. The van der Waals surface area contributed by atoms with Gasteiger partial charge in [0.25, 0.3) is 0 Å². The summed E-state index contributed by atoms with van der Waals surface area (Å²) >= 11 is 5.61. The monoisotopic (exact) mass is 141 g/mol. The van der Waals surface area contributed by atoms with Crippen LogP contribution < -0.4 is 0 Å². The molecule has 0 spiro atoms. The van der Waals surface area contributed by atoms with Gasteiger partial charge in [-0.3, -0.25) is 4.98 Å². The van der Waals surface area contributed by atoms with Gasteiger partial charge in [-0.05, 0) is 13.3 Å². The average Bonchev–Trinajstić information content (AvgIpc) is 1.89. The van der Waals surface area contributed by atoms with Crippen LogP contribution in [0.15, 0.2) is 12.4 Å². The molecule has 0 unspecified atom stereocenters. The highest BCUT2D eigenvalue weighted by molar-refractivity contribution is 6.29. The summed E-state index contributed by atoms with van der Waals surface area (Å²) in [5.74, 6) is 0. The molecule has 0 N–H and O–H groups in total. The van der Waals surface area contributed by atoms with Crippen molar-refractivity contribution >= 4 is 11.6 Å². The van der Waals surface area contributed by atoms with Gasteiger partial charge in [0.2, 0.25) is 0 Å². The molecule has 0 amide bonds. The summed E-state index contributed by atoms with van der Waals surface area (Å²) in [6.45, 7) is 3.63. The van der Waals surface area contributed by atoms with E-state index in [1.165, 1.54) is 0 Å². The quantitative estimate of drug-likeness (QED) is 0.593. The summed E-state index contributed by atoms with van der Waals surface area (Å²) in [6, 6.07) is 0. The van der Waals surface area contributed by atoms with E-state index in [1.54, 1.807) is 12.4 Å². The van der Waals surface area contributed by atoms with Gasteiger partial charge in [-0.15, -0.1) is 0 Å². The summed E-state index contributed by atoms with van der Waals surface area (Å²) in [5, 5.41) is 0.451. The van der Waals surface area contributed by atoms with Crippen LogP contribution in [0.4, 0.5) is 0 Å². The molecule has 1 heterocycles. The van der Waals surface area contributed by atoms with E-state index >= 15 is 0 Å². The molecule has 0 aliphatic rings. The second-order valence-corrected chi connectivity index (χ2v) is 1.90. The molecule has 0 bridgehead atoms. The number of aromatic nitrogens is 2. The predicted molar refractivity (Wildman–Crippen MR) is 36.1 cm³/mol. The molecule has 1 aromatic rings. The zero-order chi connectivity index (χ0) is 6.69. The highest BCUT2D eigenvalue weighted by Gasteiger charge is 1.95. The summed E-state index contributed by atoms with van der Waals surface area (Å²) in [6.07, 6.45) is 3.75. The van der Waals surface area contributed by atoms with Crippen LogP contribution in [0.25, 0.3) is 0 Å². The van der Waals surface area contributed by atoms with Crippen molar-refractivity contribution in [2.75, 3.05) is 0 Å². The van der Waals surface area contributed by atoms with Crippen molar-refractivity contribution in [3.8, 4) is 0 Å². The lowest BCUT2D eigenvalue weighted by atomic mass is 10.4. The van der Waals surface area contributed by atoms with E-state index in [0.717, 1.165) is 5.69 Å². The SMILES string of the molecule is [CH2]Cc1nccnc1Cl. The summed E-state index contributed by atoms with van der Waals surface area (Å²) in [4.78, 5) is 7.75. The maximum Gasteiger partial charge on any atom is 0.150 e. The van der Waals surface area contributed by atoms with E-state index in [-0.39, 0.29) is 0 Å². The first-order chi connectivity index (χ1) is 4.34. The van der Waals surface area contributed by atoms with Gasteiger partial charge in [0, 0.05) is 12.4 Å². The summed E-state index contributed by atoms with van der Waals surface area (Å²) < 4.78 is 0. The topological polar surface area (TPSA) is 25.8 Å². The van der Waals surface area contributed by atoms with Crippen LogP contribution >= 0.6 is 11.6 Å². The Labute approximate surface area is 58.9 Å². The first-order valence-corrected chi connectivity index (χ1v) is 2.97. The van der Waals surface area contributed by atoms with E-state index < -0.39 is 0 Å². The molecule has 47 valence electrons. The third-order valence-corrected chi connectivity index (χ3v) is 1.28. The Hall–Kier alpha value is -0.630. The molecule has 0 saturated heterocycles. The Morgan fingerprint density at radius 3 is 2.56 bits per heavy atom. The lowest BCUT2D eigenvalue weighted by Crippen LogP contribution is -1.88. The summed E-state index contributed by atoms with van der Waals surface area (Å²) in [7, 11) is 0. The first kappa shape index (κ1) is 6.49. The highest BCUT2D eigenvalue weighted by atomic mass is 35.5. The number of hydrogen-bond acceptors (Lipinski definition) is 2. The van der Waals surface area contributed by atoms with Crippen molar-refractivity contribution in [1.82, 2.24) is 9.97 Å². The van der Waals surface area contributed by atoms with Gasteiger partial charge in [0.15, 0.2) is 0 Å². The maximum absolute atomic E-state index is 5.61. The minimum atomic E-state index is 0.451. The molecule has 1 radical (unpaired) electrons. The molecule has 0 saturated carbocycles. The van der Waals surface area contributed by atoms with E-state index in [2.05, 4.69) is 16.9 Å². The van der Waals surface area contributed by atoms with Crippen molar-refractivity contribution in [2.24, 2.45) is 0 Å². The Morgan fingerprint density at radius 2 is 2.11 bits per heavy atom. The smallest absolute Gasteiger partial charge is 0.150 e. The first-order valence-electron chi connectivity index (χ1n) is 2.59. The zero-order valence-electron chi connectivity index (χ0n) is 4.84. The van der Waals surface area contributed by atoms with Crippen molar-refractivity contribution in [3.63, 3.8) is 0 Å². The Bertz CT molecular complexity index is 200. The van der Waals surface area contributed by atoms with Crippen molar-refractivity contribution in [3.05, 3.63) is 30.2 Å². The predicted octanol–water partition coefficient (Wildman–Crippen LogP) is 1.51. The second-order valence-electron chi connectivity index (χ2n) is 1.54. The minimum Gasteiger partial charge on any atom is -0.256 e. The van der Waals surface area contributed by atoms with Gasteiger partial charge in [0.05, 0.1) is 5.69 Å². The normalized spacial score (nSPS) is 9.56. The molecular weight excluding hydrogens is 136 g/mol. The van der Waals surface area contributed by atoms with Crippen molar-refractivity contribution < 1.29 is 0 Å². The summed E-state index contributed by atoms with van der Waals surface area (Å²) in [5.41, 5.74) is 0.749. The van der Waals surface area contributed by atoms with Gasteiger partial charge in [-0.2, -0.15) is 0 Å². The van der Waals surface area contributed by atoms with Crippen LogP contribution in [-0.2, 0) is 6.42 Å². The molecule has 0 aliphatic carbocycles. The molecule has 2 nitrogen and oxygen atoms in total. The van der Waals surface area contributed by atoms with E-state index in [4.69, 9.17) is 11.6 Å². The fourth-order valence-corrected chi connectivity index (χ4v) is 0.717. The molecule has 9 heavy (non-hydrogen) atoms. The third-order valence-electron chi connectivity index (χ3n) is 0.960. The fourth-order valence-electron chi connectivity index (χ4n) is 0.518. The van der Waals surface area contributed by atoms with E-state index in [9.17, 15) is 0 Å². The highest BCUT2D eigenvalue weighted by Crippen LogP contribution is 2.07. The van der Waals surface area contributed by atoms with Crippen LogP contribution in [0.3, 0.4) is 0 Å². The number of nitrogens with zero attached hydrogens (tertiary/aromatic N) is 2. The Balaban J connectivity index is 3.01. The zero-order valence-corrected chi connectivity index (χ0v) is 5.60. The lowest BCUT2D eigenvalue weighted by Gasteiger charge is -1.93. The van der Waals surface area contributed by atoms with Gasteiger partial charge in [-0.1, -0.05) is 11.6 Å². The molecule has 0 atom stereocenters.